The number of amides is 1. The third kappa shape index (κ3) is 4.19. The van der Waals surface area contributed by atoms with Gasteiger partial charge in [0.25, 0.3) is 0 Å². The van der Waals surface area contributed by atoms with Crippen molar-refractivity contribution in [1.82, 2.24) is 9.88 Å². The number of aromatic nitrogens is 1. The smallest absolute Gasteiger partial charge is 0.309 e. The van der Waals surface area contributed by atoms with Crippen molar-refractivity contribution in [3.63, 3.8) is 0 Å². The Morgan fingerprint density at radius 3 is 2.59 bits per heavy atom. The van der Waals surface area contributed by atoms with Crippen LogP contribution in [0.5, 0.6) is 0 Å². The monoisotopic (exact) mass is 398 g/mol. The summed E-state index contributed by atoms with van der Waals surface area (Å²) in [6, 6.07) is 9.64. The fourth-order valence-electron chi connectivity index (χ4n) is 4.37. The van der Waals surface area contributed by atoms with E-state index in [2.05, 4.69) is 4.98 Å². The Kier molecular flexibility index (Phi) is 5.67. The molecule has 7 nitrogen and oxygen atoms in total. The summed E-state index contributed by atoms with van der Waals surface area (Å²) in [6.45, 7) is 3.59. The molecule has 2 fully saturated rings. The zero-order valence-corrected chi connectivity index (χ0v) is 16.5. The molecule has 1 aromatic heterocycles. The highest BCUT2D eigenvalue weighted by molar-refractivity contribution is 5.79. The van der Waals surface area contributed by atoms with Gasteiger partial charge in [0.15, 0.2) is 0 Å². The molecule has 0 saturated carbocycles. The topological polar surface area (TPSA) is 92.9 Å². The first-order chi connectivity index (χ1) is 14.0. The number of rotatable bonds is 5. The Hall–Kier alpha value is -2.67. The average Bonchev–Trinajstić information content (AvgIpc) is 3.36. The second kappa shape index (κ2) is 8.37. The molecular formula is C22H26N2O5. The lowest BCUT2D eigenvalue weighted by Gasteiger charge is -2.35. The maximum Gasteiger partial charge on any atom is 0.309 e. The summed E-state index contributed by atoms with van der Waals surface area (Å²) in [4.78, 5) is 30.6. The first-order valence-corrected chi connectivity index (χ1v) is 10.2. The summed E-state index contributed by atoms with van der Waals surface area (Å²) < 4.78 is 11.5. The molecule has 7 heteroatoms. The number of likely N-dealkylation sites (tertiary alicyclic amines) is 1. The van der Waals surface area contributed by atoms with Crippen molar-refractivity contribution in [3.05, 3.63) is 41.8 Å². The van der Waals surface area contributed by atoms with Gasteiger partial charge in [-0.15, -0.1) is 0 Å². The number of carbonyl (C=O) groups is 2. The van der Waals surface area contributed by atoms with Crippen molar-refractivity contribution in [1.29, 1.82) is 0 Å². The molecule has 1 N–H and O–H groups in total. The maximum absolute atomic E-state index is 12.8. The zero-order chi connectivity index (χ0) is 20.4. The van der Waals surface area contributed by atoms with Gasteiger partial charge in [-0.1, -0.05) is 18.2 Å². The van der Waals surface area contributed by atoms with Gasteiger partial charge >= 0.3 is 5.97 Å². The molecule has 1 amide bonds. The number of piperidine rings is 1. The van der Waals surface area contributed by atoms with Crippen molar-refractivity contribution in [2.75, 3.05) is 19.7 Å². The van der Waals surface area contributed by atoms with Crippen molar-refractivity contribution >= 4 is 11.9 Å². The normalized spacial score (nSPS) is 22.7. The minimum absolute atomic E-state index is 0.0292. The van der Waals surface area contributed by atoms with E-state index in [9.17, 15) is 14.7 Å². The summed E-state index contributed by atoms with van der Waals surface area (Å²) in [5.41, 5.74) is 1.56. The molecule has 2 aliphatic heterocycles. The number of hydrogen-bond acceptors (Lipinski definition) is 5. The Labute approximate surface area is 169 Å². The molecule has 0 spiro atoms. The lowest BCUT2D eigenvalue weighted by atomic mass is 9.84. The fraction of sp³-hybridized carbons (Fsp3) is 0.500. The zero-order valence-electron chi connectivity index (χ0n) is 16.5. The van der Waals surface area contributed by atoms with Gasteiger partial charge in [0.05, 0.1) is 24.1 Å². The Balaban J connectivity index is 1.35. The summed E-state index contributed by atoms with van der Waals surface area (Å²) in [5.74, 6) is 0.222. The molecule has 2 aromatic rings. The molecule has 29 heavy (non-hydrogen) atoms. The molecule has 1 unspecified atom stereocenters. The van der Waals surface area contributed by atoms with E-state index >= 15 is 0 Å². The molecule has 0 bridgehead atoms. The predicted molar refractivity (Wildman–Crippen MR) is 105 cm³/mol. The minimum atomic E-state index is -0.776. The Morgan fingerprint density at radius 1 is 1.17 bits per heavy atom. The number of hydrogen-bond donors (Lipinski definition) is 1. The SMILES string of the molecule is Cc1oc(-c2ccccc2)nc1CC(=O)N1CCC([C@@H]2OCCC2C(=O)O)CC1. The number of carboxylic acid groups (broad SMARTS) is 1. The molecule has 4 rings (SSSR count). The van der Waals surface area contributed by atoms with Gasteiger partial charge in [-0.2, -0.15) is 0 Å². The van der Waals surface area contributed by atoms with Gasteiger partial charge in [0.2, 0.25) is 11.8 Å². The summed E-state index contributed by atoms with van der Waals surface area (Å²) in [5, 5.41) is 9.37. The molecule has 0 aliphatic carbocycles. The minimum Gasteiger partial charge on any atom is -0.481 e. The van der Waals surface area contributed by atoms with Crippen molar-refractivity contribution < 1.29 is 23.8 Å². The van der Waals surface area contributed by atoms with E-state index in [1.54, 1.807) is 0 Å². The van der Waals surface area contributed by atoms with Crippen molar-refractivity contribution in [3.8, 4) is 11.5 Å². The van der Waals surface area contributed by atoms with E-state index in [1.807, 2.05) is 42.2 Å². The third-order valence-corrected chi connectivity index (χ3v) is 6.04. The van der Waals surface area contributed by atoms with Crippen LogP contribution in [0.2, 0.25) is 0 Å². The molecule has 154 valence electrons. The molecule has 2 atom stereocenters. The highest BCUT2D eigenvalue weighted by atomic mass is 16.5. The summed E-state index contributed by atoms with van der Waals surface area (Å²) in [6.07, 6.45) is 2.11. The molecule has 0 radical (unpaired) electrons. The van der Waals surface area contributed by atoms with Gasteiger partial charge in [-0.25, -0.2) is 4.98 Å². The van der Waals surface area contributed by atoms with Gasteiger partial charge in [-0.3, -0.25) is 9.59 Å². The van der Waals surface area contributed by atoms with Crippen LogP contribution in [0, 0.1) is 18.8 Å². The first kappa shape index (κ1) is 19.6. The van der Waals surface area contributed by atoms with E-state index in [4.69, 9.17) is 9.15 Å². The van der Waals surface area contributed by atoms with Gasteiger partial charge in [-0.05, 0) is 44.2 Å². The standard InChI is InChI=1S/C22H26N2O5/c1-14-18(23-21(29-14)16-5-3-2-4-6-16)13-19(25)24-10-7-15(8-11-24)20-17(22(26)27)9-12-28-20/h2-6,15,17,20H,7-13H2,1H3,(H,26,27)/t17?,20-/m0/s1. The summed E-state index contributed by atoms with van der Waals surface area (Å²) in [7, 11) is 0. The van der Waals surface area contributed by atoms with Gasteiger partial charge in [0.1, 0.15) is 5.76 Å². The third-order valence-electron chi connectivity index (χ3n) is 6.04. The van der Waals surface area contributed by atoms with Crippen LogP contribution in [0.25, 0.3) is 11.5 Å². The highest BCUT2D eigenvalue weighted by Gasteiger charge is 2.40. The molecule has 2 saturated heterocycles. The van der Waals surface area contributed by atoms with Crippen LogP contribution >= 0.6 is 0 Å². The van der Waals surface area contributed by atoms with E-state index in [0.29, 0.717) is 43.5 Å². The van der Waals surface area contributed by atoms with Crippen molar-refractivity contribution in [2.24, 2.45) is 11.8 Å². The number of oxazole rings is 1. The van der Waals surface area contributed by atoms with E-state index in [0.717, 1.165) is 18.4 Å². The molecule has 3 heterocycles. The quantitative estimate of drug-likeness (QED) is 0.832. The van der Waals surface area contributed by atoms with E-state index in [-0.39, 0.29) is 24.3 Å². The molecule has 1 aromatic carbocycles. The van der Waals surface area contributed by atoms with Crippen LogP contribution < -0.4 is 0 Å². The Bertz CT molecular complexity index is 871. The number of aryl methyl sites for hydroxylation is 1. The lowest BCUT2D eigenvalue weighted by molar-refractivity contribution is -0.145. The number of carbonyl (C=O) groups excluding carboxylic acids is 1. The molecular weight excluding hydrogens is 372 g/mol. The van der Waals surface area contributed by atoms with E-state index in [1.165, 1.54) is 0 Å². The second-order valence-electron chi connectivity index (χ2n) is 7.85. The van der Waals surface area contributed by atoms with Crippen LogP contribution in [0.1, 0.15) is 30.7 Å². The first-order valence-electron chi connectivity index (χ1n) is 10.2. The number of benzene rings is 1. The van der Waals surface area contributed by atoms with E-state index < -0.39 is 11.9 Å². The van der Waals surface area contributed by atoms with Crippen LogP contribution in [0.4, 0.5) is 0 Å². The van der Waals surface area contributed by atoms with Crippen molar-refractivity contribution in [2.45, 2.75) is 38.7 Å². The number of nitrogens with zero attached hydrogens (tertiary/aromatic N) is 2. The second-order valence-corrected chi connectivity index (χ2v) is 7.85. The predicted octanol–water partition coefficient (Wildman–Crippen LogP) is 2.92. The average molecular weight is 398 g/mol. The fourth-order valence-corrected chi connectivity index (χ4v) is 4.37. The summed E-state index contributed by atoms with van der Waals surface area (Å²) >= 11 is 0. The number of aliphatic carboxylic acids is 1. The Morgan fingerprint density at radius 2 is 1.90 bits per heavy atom. The number of ether oxygens (including phenoxy) is 1. The van der Waals surface area contributed by atoms with Crippen LogP contribution in [0.3, 0.4) is 0 Å². The van der Waals surface area contributed by atoms with Gasteiger partial charge < -0.3 is 19.2 Å². The number of carboxylic acids is 1. The van der Waals surface area contributed by atoms with Crippen LogP contribution in [-0.2, 0) is 20.7 Å². The highest BCUT2D eigenvalue weighted by Crippen LogP contribution is 2.33. The maximum atomic E-state index is 12.8. The molecule has 2 aliphatic rings. The largest absolute Gasteiger partial charge is 0.481 e. The van der Waals surface area contributed by atoms with Crippen LogP contribution in [0.15, 0.2) is 34.7 Å². The van der Waals surface area contributed by atoms with Gasteiger partial charge in [0, 0.05) is 25.3 Å². The van der Waals surface area contributed by atoms with Crippen LogP contribution in [-0.4, -0.2) is 52.7 Å². The lowest BCUT2D eigenvalue weighted by Crippen LogP contribution is -2.43.